The minimum absolute atomic E-state index is 0.0543. The number of rotatable bonds is 12. The van der Waals surface area contributed by atoms with Crippen molar-refractivity contribution in [3.05, 3.63) is 54.6 Å². The van der Waals surface area contributed by atoms with E-state index in [1.165, 1.54) is 36.0 Å². The van der Waals surface area contributed by atoms with Gasteiger partial charge >= 0.3 is 13.7 Å². The third kappa shape index (κ3) is 7.55. The predicted octanol–water partition coefficient (Wildman–Crippen LogP) is 4.11. The summed E-state index contributed by atoms with van der Waals surface area (Å²) in [4.78, 5) is 12.4. The Morgan fingerprint density at radius 3 is 2.23 bits per heavy atom. The summed E-state index contributed by atoms with van der Waals surface area (Å²) in [5.41, 5.74) is 0.0819. The molecule has 0 heterocycles. The number of anilines is 1. The second-order valence-corrected chi connectivity index (χ2v) is 8.60. The van der Waals surface area contributed by atoms with E-state index in [4.69, 9.17) is 24.2 Å². The quantitative estimate of drug-likeness (QED) is 0.245. The summed E-state index contributed by atoms with van der Waals surface area (Å²) in [6.45, 7) is 1.87. The molecule has 0 aliphatic rings. The van der Waals surface area contributed by atoms with Crippen LogP contribution in [0.1, 0.15) is 13.3 Å². The van der Waals surface area contributed by atoms with Crippen LogP contribution in [0.25, 0.3) is 0 Å². The Labute approximate surface area is 179 Å². The minimum atomic E-state index is -4.07. The average Bonchev–Trinajstić information content (AvgIpc) is 2.72. The summed E-state index contributed by atoms with van der Waals surface area (Å²) in [6.07, 6.45) is 2.25. The molecule has 0 saturated heterocycles. The zero-order valence-corrected chi connectivity index (χ0v) is 18.3. The molecule has 164 valence electrons. The molecular formula is C19H25N2O7PS. The van der Waals surface area contributed by atoms with Crippen molar-refractivity contribution >= 4 is 31.2 Å². The second-order valence-electron chi connectivity index (χ2n) is 5.99. The molecular weight excluding hydrogens is 431 g/mol. The van der Waals surface area contributed by atoms with Crippen LogP contribution >= 0.6 is 19.5 Å². The Bertz CT molecular complexity index is 837. The highest BCUT2D eigenvalue weighted by atomic mass is 32.2. The lowest BCUT2D eigenvalue weighted by Crippen LogP contribution is -2.38. The van der Waals surface area contributed by atoms with E-state index in [1.54, 1.807) is 37.3 Å². The van der Waals surface area contributed by atoms with Crippen LogP contribution in [0.4, 0.5) is 5.69 Å². The first-order valence-electron chi connectivity index (χ1n) is 9.12. The summed E-state index contributed by atoms with van der Waals surface area (Å²) in [5, 5.41) is 20.8. The number of ether oxygens (including phenoxy) is 1. The lowest BCUT2D eigenvalue weighted by atomic mass is 10.2. The number of thioether (sulfide) groups is 1. The topological polar surface area (TPSA) is 118 Å². The van der Waals surface area contributed by atoms with E-state index in [9.17, 15) is 9.36 Å². The lowest BCUT2D eigenvalue weighted by Gasteiger charge is -2.24. The van der Waals surface area contributed by atoms with Crippen LogP contribution in [0, 0.1) is 0 Å². The summed E-state index contributed by atoms with van der Waals surface area (Å²) in [5.74, 6) is 0.493. The van der Waals surface area contributed by atoms with Crippen LogP contribution < -0.4 is 19.4 Å². The van der Waals surface area contributed by atoms with Crippen molar-refractivity contribution in [2.45, 2.75) is 19.4 Å². The van der Waals surface area contributed by atoms with Crippen LogP contribution in [-0.4, -0.2) is 41.0 Å². The van der Waals surface area contributed by atoms with Crippen LogP contribution in [0.15, 0.2) is 54.6 Å². The normalized spacial score (nSPS) is 13.7. The smallest absolute Gasteiger partial charge is 0.465 e. The van der Waals surface area contributed by atoms with E-state index in [2.05, 4.69) is 5.09 Å². The van der Waals surface area contributed by atoms with Crippen LogP contribution in [0.3, 0.4) is 0 Å². The zero-order chi connectivity index (χ0) is 22.0. The predicted molar refractivity (Wildman–Crippen MR) is 114 cm³/mol. The van der Waals surface area contributed by atoms with Gasteiger partial charge in [0.2, 0.25) is 0 Å². The molecule has 0 amide bonds. The average molecular weight is 456 g/mol. The van der Waals surface area contributed by atoms with Gasteiger partial charge in [-0.25, -0.2) is 4.57 Å². The summed E-state index contributed by atoms with van der Waals surface area (Å²) >= 11 is 1.53. The molecule has 0 aromatic heterocycles. The van der Waals surface area contributed by atoms with Crippen LogP contribution in [0.2, 0.25) is 0 Å². The fourth-order valence-corrected chi connectivity index (χ4v) is 4.40. The number of esters is 1. The SMILES string of the molecule is CCOC(=O)[C@H](CCSC)NP(=O)(Oc1ccccc1)Oc1ccc(N(O)O)cc1. The molecule has 0 radical (unpaired) electrons. The van der Waals surface area contributed by atoms with Crippen molar-refractivity contribution in [2.24, 2.45) is 0 Å². The van der Waals surface area contributed by atoms with E-state index in [1.807, 2.05) is 6.26 Å². The molecule has 0 saturated carbocycles. The van der Waals surface area contributed by atoms with Gasteiger partial charge in [-0.3, -0.25) is 15.2 Å². The van der Waals surface area contributed by atoms with Crippen LogP contribution in [0.5, 0.6) is 11.5 Å². The Balaban J connectivity index is 2.29. The Morgan fingerprint density at radius 2 is 1.70 bits per heavy atom. The van der Waals surface area contributed by atoms with Gasteiger partial charge in [0.1, 0.15) is 17.5 Å². The molecule has 2 atom stereocenters. The first kappa shape index (κ1) is 24.0. The van der Waals surface area contributed by atoms with Crippen molar-refractivity contribution in [1.82, 2.24) is 5.09 Å². The largest absolute Gasteiger partial charge is 0.513 e. The molecule has 2 aromatic rings. The molecule has 0 bridgehead atoms. The van der Waals surface area contributed by atoms with Gasteiger partial charge in [-0.15, -0.1) is 5.23 Å². The fraction of sp³-hybridized carbons (Fsp3) is 0.316. The molecule has 0 spiro atoms. The van der Waals surface area contributed by atoms with Crippen molar-refractivity contribution in [2.75, 3.05) is 23.8 Å². The number of nitrogens with zero attached hydrogens (tertiary/aromatic N) is 1. The third-order valence-corrected chi connectivity index (χ3v) is 5.93. The summed E-state index contributed by atoms with van der Waals surface area (Å²) in [7, 11) is -4.07. The second kappa shape index (κ2) is 11.8. The molecule has 1 unspecified atom stereocenters. The van der Waals surface area contributed by atoms with Gasteiger partial charge in [0.15, 0.2) is 0 Å². The maximum atomic E-state index is 13.6. The Morgan fingerprint density at radius 1 is 1.10 bits per heavy atom. The molecule has 0 aliphatic heterocycles. The Kier molecular flexibility index (Phi) is 9.48. The van der Waals surface area contributed by atoms with E-state index in [-0.39, 0.29) is 29.0 Å². The molecule has 9 nitrogen and oxygen atoms in total. The molecule has 11 heteroatoms. The van der Waals surface area contributed by atoms with Gasteiger partial charge < -0.3 is 13.8 Å². The lowest BCUT2D eigenvalue weighted by molar-refractivity contribution is -0.145. The minimum Gasteiger partial charge on any atom is -0.465 e. The van der Waals surface area contributed by atoms with E-state index in [0.717, 1.165) is 0 Å². The first-order valence-corrected chi connectivity index (χ1v) is 12.1. The first-order chi connectivity index (χ1) is 14.4. The number of carbonyl (C=O) groups excluding carboxylic acids is 1. The molecule has 2 aromatic carbocycles. The van der Waals surface area contributed by atoms with Gasteiger partial charge in [-0.1, -0.05) is 18.2 Å². The summed E-state index contributed by atoms with van der Waals surface area (Å²) < 4.78 is 29.9. The van der Waals surface area contributed by atoms with E-state index >= 15 is 0 Å². The van der Waals surface area contributed by atoms with Crippen molar-refractivity contribution in [3.8, 4) is 11.5 Å². The maximum Gasteiger partial charge on any atom is 0.513 e. The van der Waals surface area contributed by atoms with Crippen LogP contribution in [-0.2, 0) is 14.1 Å². The monoisotopic (exact) mass is 456 g/mol. The standard InChI is InChI=1S/C19H25N2O7PS/c1-3-26-19(22)18(13-14-30-2)20-29(25,27-16-7-5-4-6-8-16)28-17-11-9-15(10-12-17)21(23)24/h4-12,18,23-24H,3,13-14H2,1-2H3,(H,20,25)/t18-,29?/m0/s1. The van der Waals surface area contributed by atoms with E-state index < -0.39 is 19.8 Å². The summed E-state index contributed by atoms with van der Waals surface area (Å²) in [6, 6.07) is 13.0. The van der Waals surface area contributed by atoms with Gasteiger partial charge in [0.05, 0.1) is 12.3 Å². The Hall–Kier alpha value is -2.23. The number of carbonyl (C=O) groups is 1. The number of benzene rings is 2. The molecule has 0 fully saturated rings. The fourth-order valence-electron chi connectivity index (χ4n) is 2.38. The molecule has 30 heavy (non-hydrogen) atoms. The molecule has 0 aliphatic carbocycles. The highest BCUT2D eigenvalue weighted by Gasteiger charge is 2.35. The highest BCUT2D eigenvalue weighted by molar-refractivity contribution is 7.98. The molecule has 3 N–H and O–H groups in total. The van der Waals surface area contributed by atoms with E-state index in [0.29, 0.717) is 12.2 Å². The third-order valence-electron chi connectivity index (χ3n) is 3.76. The van der Waals surface area contributed by atoms with Crippen molar-refractivity contribution in [1.29, 1.82) is 0 Å². The zero-order valence-electron chi connectivity index (χ0n) is 16.6. The van der Waals surface area contributed by atoms with Gasteiger partial charge in [-0.05, 0) is 61.8 Å². The van der Waals surface area contributed by atoms with Gasteiger partial charge in [-0.2, -0.15) is 16.8 Å². The number of hydrogen-bond donors (Lipinski definition) is 3. The number of hydrogen-bond acceptors (Lipinski definition) is 9. The van der Waals surface area contributed by atoms with Crippen molar-refractivity contribution in [3.63, 3.8) is 0 Å². The maximum absolute atomic E-state index is 13.6. The number of nitrogens with one attached hydrogen (secondary N) is 1. The van der Waals surface area contributed by atoms with Crippen molar-refractivity contribution < 1.29 is 33.6 Å². The number of para-hydroxylation sites is 1. The van der Waals surface area contributed by atoms with Gasteiger partial charge in [0, 0.05) is 0 Å². The highest BCUT2D eigenvalue weighted by Crippen LogP contribution is 2.45. The van der Waals surface area contributed by atoms with Gasteiger partial charge in [0.25, 0.3) is 0 Å². The molecule has 2 rings (SSSR count).